The lowest BCUT2D eigenvalue weighted by atomic mass is 10.3. The zero-order valence-electron chi connectivity index (χ0n) is 13.2. The Hall–Kier alpha value is -2.13. The Labute approximate surface area is 133 Å². The zero-order chi connectivity index (χ0) is 18.9. The lowest BCUT2D eigenvalue weighted by Crippen LogP contribution is -2.48. The van der Waals surface area contributed by atoms with E-state index in [0.29, 0.717) is 0 Å². The summed E-state index contributed by atoms with van der Waals surface area (Å²) >= 11 is 0. The fourth-order valence-corrected chi connectivity index (χ4v) is 1.45. The van der Waals surface area contributed by atoms with Crippen LogP contribution in [0.5, 0.6) is 0 Å². The molecule has 140 valence electrons. The number of hydrogen-bond donors (Lipinski definition) is 0. The highest BCUT2D eigenvalue weighted by atomic mass is 19.5. The minimum Gasteiger partial charge on any atom is -0.418 e. The molecule has 1 heterocycles. The number of carbonyl (C=O) groups excluding carboxylic acids is 2. The van der Waals surface area contributed by atoms with Crippen molar-refractivity contribution in [2.45, 2.75) is 12.8 Å². The second-order valence-corrected chi connectivity index (χ2v) is 3.70. The number of rotatable bonds is 5. The molecule has 0 saturated carbocycles. The third-order valence-corrected chi connectivity index (χ3v) is 2.19. The lowest BCUT2D eigenvalue weighted by Gasteiger charge is -2.16. The van der Waals surface area contributed by atoms with Crippen molar-refractivity contribution in [3.05, 3.63) is 0 Å². The molecule has 0 aliphatic carbocycles. The second kappa shape index (κ2) is 9.89. The Morgan fingerprint density at radius 3 is 1.75 bits per heavy atom. The van der Waals surface area contributed by atoms with E-state index in [1.165, 1.54) is 28.4 Å². The predicted molar refractivity (Wildman–Crippen MR) is 67.5 cm³/mol. The van der Waals surface area contributed by atoms with Crippen LogP contribution in [-0.4, -0.2) is 68.6 Å². The largest absolute Gasteiger partial charge is 0.673 e. The van der Waals surface area contributed by atoms with Gasteiger partial charge in [0.05, 0.1) is 31.4 Å². The molecule has 0 aromatic rings. The van der Waals surface area contributed by atoms with E-state index < -0.39 is 19.1 Å². The van der Waals surface area contributed by atoms with Crippen LogP contribution in [0.15, 0.2) is 0 Å². The average Bonchev–Trinajstić information content (AvgIpc) is 2.80. The first kappa shape index (κ1) is 21.9. The van der Waals surface area contributed by atoms with Gasteiger partial charge in [-0.15, -0.1) is 0 Å². The van der Waals surface area contributed by atoms with Gasteiger partial charge in [-0.1, -0.05) is 5.01 Å². The molecule has 0 aromatic heterocycles. The van der Waals surface area contributed by atoms with Crippen LogP contribution in [-0.2, 0) is 33.9 Å². The molecule has 2 amide bonds. The first-order valence-corrected chi connectivity index (χ1v) is 6.13. The molecular formula is C9H16BF4N3O7. The summed E-state index contributed by atoms with van der Waals surface area (Å²) in [7, 11) is -0.972. The molecule has 24 heavy (non-hydrogen) atoms. The number of hydrazone groups is 1. The number of imide groups is 1. The number of halogens is 4. The maximum absolute atomic E-state index is 11.7. The van der Waals surface area contributed by atoms with Gasteiger partial charge >= 0.3 is 13.3 Å². The van der Waals surface area contributed by atoms with Gasteiger partial charge in [0.25, 0.3) is 11.8 Å². The van der Waals surface area contributed by atoms with Crippen molar-refractivity contribution in [2.24, 2.45) is 0 Å². The van der Waals surface area contributed by atoms with Crippen LogP contribution < -0.4 is 0 Å². The van der Waals surface area contributed by atoms with Gasteiger partial charge in [0.1, 0.15) is 7.11 Å². The number of hydrazine groups is 1. The molecule has 10 nitrogen and oxygen atoms in total. The third kappa shape index (κ3) is 6.97. The Bertz CT molecular complexity index is 451. The number of hydrogen-bond acceptors (Lipinski definition) is 7. The van der Waals surface area contributed by atoms with Gasteiger partial charge < -0.3 is 22.1 Å². The van der Waals surface area contributed by atoms with E-state index in [1.807, 2.05) is 0 Å². The topological polar surface area (TPSA) is 89.8 Å². The van der Waals surface area contributed by atoms with Gasteiger partial charge in [0, 0.05) is 12.8 Å². The lowest BCUT2D eigenvalue weighted by molar-refractivity contribution is -0.875. The van der Waals surface area contributed by atoms with Crippen molar-refractivity contribution in [1.82, 2.24) is 10.2 Å². The van der Waals surface area contributed by atoms with Crippen molar-refractivity contribution in [3.8, 4) is 0 Å². The molecule has 0 radical (unpaired) electrons. The van der Waals surface area contributed by atoms with E-state index in [-0.39, 0.29) is 18.9 Å². The van der Waals surface area contributed by atoms with Gasteiger partial charge in [0.2, 0.25) is 0 Å². The highest BCUT2D eigenvalue weighted by Gasteiger charge is 2.43. The van der Waals surface area contributed by atoms with E-state index in [4.69, 9.17) is 19.4 Å². The number of amidine groups is 1. The Kier molecular flexibility index (Phi) is 9.01. The Balaban J connectivity index is 0.000000922. The van der Waals surface area contributed by atoms with E-state index >= 15 is 0 Å². The number of amides is 2. The van der Waals surface area contributed by atoms with Crippen LogP contribution in [0, 0.1) is 0 Å². The summed E-state index contributed by atoms with van der Waals surface area (Å²) in [6.45, 7) is 0. The maximum atomic E-state index is 11.7. The van der Waals surface area contributed by atoms with Gasteiger partial charge in [-0.3, -0.25) is 9.59 Å². The standard InChI is InChI=1S/C9H16N3O7.BF4/c1-15-11(10-7(13)5-6-8(10)14)9(19-18-4)12(16-2)17-3;2-1(3,4)5/h5-6H2,1-4H3;/q+1;-1. The number of nitrogens with zero attached hydrogens (tertiary/aromatic N) is 3. The summed E-state index contributed by atoms with van der Waals surface area (Å²) < 4.78 is 39.0. The van der Waals surface area contributed by atoms with Crippen LogP contribution in [0.25, 0.3) is 0 Å². The fourth-order valence-electron chi connectivity index (χ4n) is 1.45. The average molecular weight is 365 g/mol. The molecule has 1 aliphatic rings. The zero-order valence-corrected chi connectivity index (χ0v) is 13.2. The molecule has 0 aromatic carbocycles. The van der Waals surface area contributed by atoms with Crippen LogP contribution in [0.2, 0.25) is 0 Å². The Morgan fingerprint density at radius 2 is 1.46 bits per heavy atom. The van der Waals surface area contributed by atoms with E-state index in [2.05, 4.69) is 4.89 Å². The van der Waals surface area contributed by atoms with Crippen molar-refractivity contribution < 1.29 is 56.0 Å². The number of carbonyl (C=O) groups is 2. The fraction of sp³-hybridized carbons (Fsp3) is 0.667. The highest BCUT2D eigenvalue weighted by Crippen LogP contribution is 2.13. The molecule has 0 atom stereocenters. The second-order valence-electron chi connectivity index (χ2n) is 3.70. The molecule has 0 spiro atoms. The molecule has 0 bridgehead atoms. The molecule has 15 heteroatoms. The third-order valence-electron chi connectivity index (χ3n) is 2.19. The predicted octanol–water partition coefficient (Wildman–Crippen LogP) is 0.283. The van der Waals surface area contributed by atoms with E-state index in [9.17, 15) is 26.9 Å². The molecule has 1 aliphatic heterocycles. The summed E-state index contributed by atoms with van der Waals surface area (Å²) in [5.74, 6) is -0.896. The summed E-state index contributed by atoms with van der Waals surface area (Å²) in [6.07, 6.45) is 0.165. The monoisotopic (exact) mass is 365 g/mol. The molecule has 1 saturated heterocycles. The number of hydroxylamine groups is 2. The van der Waals surface area contributed by atoms with Gasteiger partial charge in [0.15, 0.2) is 0 Å². The molecule has 1 fully saturated rings. The SMILES string of the molecule is COOC(N(OC)OC)=[N+](OC)N1C(=O)CCC1=O.F[B-](F)(F)F. The van der Waals surface area contributed by atoms with Crippen LogP contribution >= 0.6 is 0 Å². The molecule has 1 rings (SSSR count). The first-order valence-electron chi connectivity index (χ1n) is 6.13. The molecule has 0 unspecified atom stereocenters. The van der Waals surface area contributed by atoms with E-state index in [1.54, 1.807) is 0 Å². The summed E-state index contributed by atoms with van der Waals surface area (Å²) in [5, 5.41) is 1.52. The van der Waals surface area contributed by atoms with Crippen LogP contribution in [0.3, 0.4) is 0 Å². The van der Waals surface area contributed by atoms with Crippen molar-refractivity contribution in [3.63, 3.8) is 0 Å². The minimum atomic E-state index is -6.00. The minimum absolute atomic E-state index is 0.0823. The smallest absolute Gasteiger partial charge is 0.418 e. The van der Waals surface area contributed by atoms with Crippen molar-refractivity contribution in [2.75, 3.05) is 28.4 Å². The Morgan fingerprint density at radius 1 is 1.04 bits per heavy atom. The normalized spacial score (nSPS) is 15.6. The molecular weight excluding hydrogens is 349 g/mol. The molecule has 0 N–H and O–H groups in total. The summed E-state index contributed by atoms with van der Waals surface area (Å²) in [5.41, 5.74) is 0. The quantitative estimate of drug-likeness (QED) is 0.100. The maximum Gasteiger partial charge on any atom is 0.673 e. The summed E-state index contributed by atoms with van der Waals surface area (Å²) in [6, 6.07) is -0.307. The van der Waals surface area contributed by atoms with Crippen molar-refractivity contribution >= 4 is 25.1 Å². The first-order chi connectivity index (χ1) is 11.1. The highest BCUT2D eigenvalue weighted by molar-refractivity contribution is 6.50. The van der Waals surface area contributed by atoms with Crippen LogP contribution in [0.1, 0.15) is 12.8 Å². The summed E-state index contributed by atoms with van der Waals surface area (Å²) in [4.78, 5) is 48.0. The van der Waals surface area contributed by atoms with E-state index in [0.717, 1.165) is 15.1 Å². The van der Waals surface area contributed by atoms with Crippen molar-refractivity contribution in [1.29, 1.82) is 0 Å². The van der Waals surface area contributed by atoms with Gasteiger partial charge in [-0.25, -0.2) is 4.89 Å². The van der Waals surface area contributed by atoms with Crippen LogP contribution in [0.4, 0.5) is 17.3 Å². The van der Waals surface area contributed by atoms with Gasteiger partial charge in [-0.05, 0) is 0 Å². The van der Waals surface area contributed by atoms with Gasteiger partial charge in [-0.2, -0.15) is 14.6 Å².